The van der Waals surface area contributed by atoms with E-state index in [1.807, 2.05) is 4.90 Å². The second-order valence-electron chi connectivity index (χ2n) is 7.08. The first-order valence-corrected chi connectivity index (χ1v) is 9.97. The van der Waals surface area contributed by atoms with Gasteiger partial charge in [-0.3, -0.25) is 19.8 Å². The molecule has 178 valence electrons. The van der Waals surface area contributed by atoms with E-state index in [-0.39, 0.29) is 23.9 Å². The van der Waals surface area contributed by atoms with Crippen LogP contribution in [0.2, 0.25) is 0 Å². The highest BCUT2D eigenvalue weighted by atomic mass is 19.3. The Hall–Kier alpha value is -3.38. The molecule has 3 rings (SSSR count). The van der Waals surface area contributed by atoms with E-state index in [4.69, 9.17) is 9.47 Å². The lowest BCUT2D eigenvalue weighted by Gasteiger charge is -2.35. The first-order chi connectivity index (χ1) is 15.8. The van der Waals surface area contributed by atoms with Crippen LogP contribution in [-0.2, 0) is 4.74 Å². The van der Waals surface area contributed by atoms with Crippen molar-refractivity contribution < 1.29 is 37.1 Å². The number of carbonyl (C=O) groups excluding carboxylic acids is 1. The van der Waals surface area contributed by atoms with E-state index in [9.17, 15) is 28.1 Å². The number of nitro groups is 1. The minimum atomic E-state index is -3.23. The van der Waals surface area contributed by atoms with Gasteiger partial charge in [0.25, 0.3) is 11.6 Å². The average molecular weight is 469 g/mol. The molecular formula is C21H22F3N3O6. The highest BCUT2D eigenvalue weighted by molar-refractivity contribution is 5.99. The zero-order chi connectivity index (χ0) is 24.0. The Morgan fingerprint density at radius 1 is 1.21 bits per heavy atom. The van der Waals surface area contributed by atoms with Crippen LogP contribution in [0.25, 0.3) is 0 Å². The quantitative estimate of drug-likeness (QED) is 0.445. The summed E-state index contributed by atoms with van der Waals surface area (Å²) in [7, 11) is 1.16. The van der Waals surface area contributed by atoms with Crippen molar-refractivity contribution in [3.8, 4) is 11.5 Å². The number of nitrogens with one attached hydrogen (secondary N) is 1. The molecule has 1 unspecified atom stereocenters. The molecule has 2 aromatic rings. The summed E-state index contributed by atoms with van der Waals surface area (Å²) in [5.74, 6) is -2.02. The van der Waals surface area contributed by atoms with Gasteiger partial charge >= 0.3 is 6.61 Å². The number of nitrogens with zero attached hydrogens (tertiary/aromatic N) is 2. The molecule has 0 aliphatic carbocycles. The van der Waals surface area contributed by atoms with Gasteiger partial charge in [-0.05, 0) is 17.7 Å². The molecule has 1 aliphatic heterocycles. The number of rotatable bonds is 9. The topological polar surface area (TPSA) is 103 Å². The molecule has 1 N–H and O–H groups in total. The van der Waals surface area contributed by atoms with Gasteiger partial charge in [0.1, 0.15) is 11.4 Å². The molecular weight excluding hydrogens is 447 g/mol. The lowest BCUT2D eigenvalue weighted by atomic mass is 10.0. The Morgan fingerprint density at radius 2 is 1.88 bits per heavy atom. The number of carbonyl (C=O) groups is 1. The second kappa shape index (κ2) is 11.0. The predicted molar refractivity (Wildman–Crippen MR) is 110 cm³/mol. The smallest absolute Gasteiger partial charge is 0.387 e. The Kier molecular flexibility index (Phi) is 8.06. The van der Waals surface area contributed by atoms with Crippen molar-refractivity contribution in [3.05, 3.63) is 63.5 Å². The van der Waals surface area contributed by atoms with Crippen LogP contribution in [0.4, 0.5) is 18.9 Å². The molecule has 1 atom stereocenters. The van der Waals surface area contributed by atoms with Crippen LogP contribution in [0, 0.1) is 15.9 Å². The Labute approximate surface area is 187 Å². The summed E-state index contributed by atoms with van der Waals surface area (Å²) in [6, 6.07) is 7.17. The number of ether oxygens (including phenoxy) is 3. The number of morpholine rings is 1. The molecule has 33 heavy (non-hydrogen) atoms. The third-order valence-electron chi connectivity index (χ3n) is 5.14. The van der Waals surface area contributed by atoms with Crippen molar-refractivity contribution in [2.24, 2.45) is 0 Å². The maximum atomic E-state index is 13.4. The zero-order valence-corrected chi connectivity index (χ0v) is 17.6. The van der Waals surface area contributed by atoms with Gasteiger partial charge in [0.15, 0.2) is 11.5 Å². The highest BCUT2D eigenvalue weighted by Crippen LogP contribution is 2.35. The van der Waals surface area contributed by atoms with Gasteiger partial charge in [0.05, 0.1) is 37.4 Å². The summed E-state index contributed by atoms with van der Waals surface area (Å²) in [6.45, 7) is -1.06. The third kappa shape index (κ3) is 6.11. The number of benzene rings is 2. The van der Waals surface area contributed by atoms with Crippen molar-refractivity contribution in [1.29, 1.82) is 0 Å². The first-order valence-electron chi connectivity index (χ1n) is 9.97. The molecule has 1 aliphatic rings. The van der Waals surface area contributed by atoms with E-state index in [2.05, 4.69) is 10.1 Å². The van der Waals surface area contributed by atoms with Crippen molar-refractivity contribution in [3.63, 3.8) is 0 Å². The average Bonchev–Trinajstić information content (AvgIpc) is 2.80. The second-order valence-corrected chi connectivity index (χ2v) is 7.08. The number of hydrogen-bond acceptors (Lipinski definition) is 7. The summed E-state index contributed by atoms with van der Waals surface area (Å²) < 4.78 is 53.3. The van der Waals surface area contributed by atoms with Gasteiger partial charge in [-0.1, -0.05) is 12.1 Å². The Bertz CT molecular complexity index is 984. The zero-order valence-electron chi connectivity index (χ0n) is 17.6. The van der Waals surface area contributed by atoms with Gasteiger partial charge in [0.2, 0.25) is 0 Å². The van der Waals surface area contributed by atoms with Gasteiger partial charge in [-0.2, -0.15) is 8.78 Å². The van der Waals surface area contributed by atoms with E-state index < -0.39 is 34.7 Å². The van der Waals surface area contributed by atoms with Crippen LogP contribution in [0.1, 0.15) is 22.0 Å². The van der Waals surface area contributed by atoms with Gasteiger partial charge in [-0.25, -0.2) is 4.39 Å². The van der Waals surface area contributed by atoms with Crippen LogP contribution in [0.5, 0.6) is 11.5 Å². The van der Waals surface area contributed by atoms with Crippen molar-refractivity contribution in [2.75, 3.05) is 40.0 Å². The fraction of sp³-hybridized carbons (Fsp3) is 0.381. The predicted octanol–water partition coefficient (Wildman–Crippen LogP) is 3.15. The molecule has 1 heterocycles. The minimum absolute atomic E-state index is 0.0548. The van der Waals surface area contributed by atoms with Crippen molar-refractivity contribution >= 4 is 11.6 Å². The molecule has 9 nitrogen and oxygen atoms in total. The lowest BCUT2D eigenvalue weighted by Crippen LogP contribution is -2.43. The molecule has 0 bridgehead atoms. The SMILES string of the molecule is COc1cc(C(=O)NCC(c2ccc(F)cc2)N2CCOCC2)c([N+](=O)[O-])cc1OC(F)F. The van der Waals surface area contributed by atoms with Crippen LogP contribution in [0.3, 0.4) is 0 Å². The molecule has 0 saturated carbocycles. The summed E-state index contributed by atoms with van der Waals surface area (Å²) in [6.07, 6.45) is 0. The molecule has 0 spiro atoms. The van der Waals surface area contributed by atoms with Crippen LogP contribution in [0.15, 0.2) is 36.4 Å². The van der Waals surface area contributed by atoms with E-state index in [0.717, 1.165) is 24.8 Å². The maximum absolute atomic E-state index is 13.4. The monoisotopic (exact) mass is 469 g/mol. The van der Waals surface area contributed by atoms with E-state index >= 15 is 0 Å². The minimum Gasteiger partial charge on any atom is -0.493 e. The van der Waals surface area contributed by atoms with Crippen molar-refractivity contribution in [1.82, 2.24) is 10.2 Å². The first kappa shape index (κ1) is 24.3. The largest absolute Gasteiger partial charge is 0.493 e. The van der Waals surface area contributed by atoms with Crippen molar-refractivity contribution in [2.45, 2.75) is 12.7 Å². The standard InChI is InChI=1S/C21H22F3N3O6/c1-31-18-10-15(16(27(29)30)11-19(18)33-21(23)24)20(28)25-12-17(26-6-8-32-9-7-26)13-2-4-14(22)5-3-13/h2-5,10-11,17,21H,6-9,12H2,1H3,(H,25,28). The maximum Gasteiger partial charge on any atom is 0.387 e. The molecule has 2 aromatic carbocycles. The van der Waals surface area contributed by atoms with Gasteiger partial charge < -0.3 is 19.5 Å². The lowest BCUT2D eigenvalue weighted by molar-refractivity contribution is -0.385. The van der Waals surface area contributed by atoms with E-state index in [1.165, 1.54) is 12.1 Å². The summed E-state index contributed by atoms with van der Waals surface area (Å²) in [5.41, 5.74) is -0.349. The molecule has 1 fully saturated rings. The molecule has 0 aromatic heterocycles. The number of alkyl halides is 2. The van der Waals surface area contributed by atoms with Crippen LogP contribution < -0.4 is 14.8 Å². The van der Waals surface area contributed by atoms with Gasteiger partial charge in [0, 0.05) is 25.7 Å². The number of methoxy groups -OCH3 is 1. The third-order valence-corrected chi connectivity index (χ3v) is 5.14. The molecule has 1 amide bonds. The van der Waals surface area contributed by atoms with E-state index in [0.29, 0.717) is 26.3 Å². The number of amides is 1. The number of nitro benzene ring substituents is 1. The number of hydrogen-bond donors (Lipinski definition) is 1. The fourth-order valence-electron chi connectivity index (χ4n) is 3.55. The number of halogens is 3. The van der Waals surface area contributed by atoms with E-state index in [1.54, 1.807) is 12.1 Å². The Morgan fingerprint density at radius 3 is 2.45 bits per heavy atom. The molecule has 1 saturated heterocycles. The summed E-state index contributed by atoms with van der Waals surface area (Å²) in [4.78, 5) is 25.5. The Balaban J connectivity index is 1.86. The van der Waals surface area contributed by atoms with Crippen LogP contribution in [-0.4, -0.2) is 62.3 Å². The highest BCUT2D eigenvalue weighted by Gasteiger charge is 2.28. The summed E-state index contributed by atoms with van der Waals surface area (Å²) >= 11 is 0. The van der Waals surface area contributed by atoms with Crippen LogP contribution >= 0.6 is 0 Å². The molecule has 0 radical (unpaired) electrons. The fourth-order valence-corrected chi connectivity index (χ4v) is 3.55. The normalized spacial score (nSPS) is 15.2. The van der Waals surface area contributed by atoms with Gasteiger partial charge in [-0.15, -0.1) is 0 Å². The molecule has 12 heteroatoms. The summed E-state index contributed by atoms with van der Waals surface area (Å²) in [5, 5.41) is 14.1.